The number of rotatable bonds is 3. The molecule has 0 saturated carbocycles. The molecule has 142 valence electrons. The lowest BCUT2D eigenvalue weighted by atomic mass is 9.95. The minimum Gasteiger partial charge on any atom is -0.338 e. The first-order chi connectivity index (χ1) is 12.8. The highest BCUT2D eigenvalue weighted by molar-refractivity contribution is 5.97. The van der Waals surface area contributed by atoms with Crippen molar-refractivity contribution < 1.29 is 9.59 Å². The molecule has 0 aromatic heterocycles. The minimum absolute atomic E-state index is 0.00493. The Morgan fingerprint density at radius 1 is 1.00 bits per heavy atom. The lowest BCUT2D eigenvalue weighted by molar-refractivity contribution is -0.121. The summed E-state index contributed by atoms with van der Waals surface area (Å²) in [7, 11) is 0. The quantitative estimate of drug-likeness (QED) is 0.877. The molecule has 2 aromatic rings. The molecule has 1 saturated heterocycles. The first kappa shape index (κ1) is 19.2. The Labute approximate surface area is 161 Å². The third-order valence-electron chi connectivity index (χ3n) is 5.28. The van der Waals surface area contributed by atoms with Crippen LogP contribution >= 0.6 is 0 Å². The number of hydrogen-bond donors (Lipinski definition) is 1. The summed E-state index contributed by atoms with van der Waals surface area (Å²) in [4.78, 5) is 27.6. The summed E-state index contributed by atoms with van der Waals surface area (Å²) in [6, 6.07) is 11.9. The maximum atomic E-state index is 12.9. The Balaban J connectivity index is 1.72. The topological polar surface area (TPSA) is 49.4 Å². The molecule has 1 aliphatic rings. The Morgan fingerprint density at radius 3 is 2.26 bits per heavy atom. The number of anilines is 1. The van der Waals surface area contributed by atoms with Crippen molar-refractivity contribution in [1.82, 2.24) is 4.90 Å². The maximum Gasteiger partial charge on any atom is 0.253 e. The van der Waals surface area contributed by atoms with E-state index in [0.29, 0.717) is 18.7 Å². The highest BCUT2D eigenvalue weighted by Gasteiger charge is 2.29. The van der Waals surface area contributed by atoms with Crippen LogP contribution in [0.1, 0.15) is 45.5 Å². The van der Waals surface area contributed by atoms with E-state index in [-0.39, 0.29) is 17.7 Å². The van der Waals surface area contributed by atoms with Crippen LogP contribution in [0.15, 0.2) is 36.4 Å². The van der Waals surface area contributed by atoms with Crippen LogP contribution in [0.3, 0.4) is 0 Å². The van der Waals surface area contributed by atoms with Crippen LogP contribution in [0.25, 0.3) is 0 Å². The molecule has 3 rings (SSSR count). The second kappa shape index (κ2) is 7.95. The van der Waals surface area contributed by atoms with Gasteiger partial charge in [-0.2, -0.15) is 0 Å². The third-order valence-corrected chi connectivity index (χ3v) is 5.28. The average molecular weight is 364 g/mol. The van der Waals surface area contributed by atoms with Crippen molar-refractivity contribution in [3.05, 3.63) is 64.2 Å². The summed E-state index contributed by atoms with van der Waals surface area (Å²) in [5.74, 6) is -0.149. The SMILES string of the molecule is Cc1cc(C)cc(C(=O)N2CCCC(C(=O)Nc3c(C)cccc3C)C2)c1. The minimum atomic E-state index is -0.174. The highest BCUT2D eigenvalue weighted by Crippen LogP contribution is 2.24. The average Bonchev–Trinajstić information content (AvgIpc) is 2.63. The van der Waals surface area contributed by atoms with Crippen LogP contribution in [0, 0.1) is 33.6 Å². The molecule has 4 nitrogen and oxygen atoms in total. The van der Waals surface area contributed by atoms with Gasteiger partial charge in [0.15, 0.2) is 0 Å². The van der Waals surface area contributed by atoms with Crippen molar-refractivity contribution in [1.29, 1.82) is 0 Å². The Hall–Kier alpha value is -2.62. The molecule has 0 spiro atoms. The van der Waals surface area contributed by atoms with Gasteiger partial charge in [-0.15, -0.1) is 0 Å². The van der Waals surface area contributed by atoms with Crippen LogP contribution in [0.2, 0.25) is 0 Å². The fourth-order valence-electron chi connectivity index (χ4n) is 3.89. The number of hydrogen-bond acceptors (Lipinski definition) is 2. The van der Waals surface area contributed by atoms with Gasteiger partial charge in [0.2, 0.25) is 5.91 Å². The molecule has 0 aliphatic carbocycles. The predicted molar refractivity (Wildman–Crippen MR) is 109 cm³/mol. The zero-order valence-corrected chi connectivity index (χ0v) is 16.6. The van der Waals surface area contributed by atoms with Gasteiger partial charge in [0.1, 0.15) is 0 Å². The summed E-state index contributed by atoms with van der Waals surface area (Å²) in [6.45, 7) is 9.18. The van der Waals surface area contributed by atoms with Crippen molar-refractivity contribution in [2.75, 3.05) is 18.4 Å². The van der Waals surface area contributed by atoms with Gasteiger partial charge in [-0.25, -0.2) is 0 Å². The summed E-state index contributed by atoms with van der Waals surface area (Å²) in [5.41, 5.74) is 5.88. The lowest BCUT2D eigenvalue weighted by Crippen LogP contribution is -2.43. The number of piperidine rings is 1. The molecule has 2 aromatic carbocycles. The number of nitrogens with zero attached hydrogens (tertiary/aromatic N) is 1. The van der Waals surface area contributed by atoms with Gasteiger partial charge in [-0.3, -0.25) is 9.59 Å². The van der Waals surface area contributed by atoms with Crippen LogP contribution in [-0.4, -0.2) is 29.8 Å². The van der Waals surface area contributed by atoms with E-state index in [1.807, 2.05) is 62.9 Å². The molecular weight excluding hydrogens is 336 g/mol. The summed E-state index contributed by atoms with van der Waals surface area (Å²) < 4.78 is 0. The molecule has 4 heteroatoms. The van der Waals surface area contributed by atoms with Crippen LogP contribution in [0.4, 0.5) is 5.69 Å². The van der Waals surface area contributed by atoms with Crippen LogP contribution in [-0.2, 0) is 4.79 Å². The lowest BCUT2D eigenvalue weighted by Gasteiger charge is -2.32. The number of carbonyl (C=O) groups is 2. The van der Waals surface area contributed by atoms with Crippen molar-refractivity contribution in [2.45, 2.75) is 40.5 Å². The molecule has 1 atom stereocenters. The van der Waals surface area contributed by atoms with E-state index >= 15 is 0 Å². The van der Waals surface area contributed by atoms with E-state index in [0.717, 1.165) is 40.8 Å². The predicted octanol–water partition coefficient (Wildman–Crippen LogP) is 4.41. The summed E-state index contributed by atoms with van der Waals surface area (Å²) in [6.07, 6.45) is 1.66. The first-order valence-corrected chi connectivity index (χ1v) is 9.60. The maximum absolute atomic E-state index is 12.9. The van der Waals surface area contributed by atoms with E-state index in [4.69, 9.17) is 0 Å². The van der Waals surface area contributed by atoms with Crippen molar-refractivity contribution in [2.24, 2.45) is 5.92 Å². The van der Waals surface area contributed by atoms with Crippen molar-refractivity contribution in [3.63, 3.8) is 0 Å². The number of aryl methyl sites for hydroxylation is 4. The van der Waals surface area contributed by atoms with Gasteiger partial charge in [-0.1, -0.05) is 35.4 Å². The number of likely N-dealkylation sites (tertiary alicyclic amines) is 1. The molecule has 0 bridgehead atoms. The van der Waals surface area contributed by atoms with Gasteiger partial charge < -0.3 is 10.2 Å². The Kier molecular flexibility index (Phi) is 5.64. The van der Waals surface area contributed by atoms with Crippen molar-refractivity contribution >= 4 is 17.5 Å². The smallest absolute Gasteiger partial charge is 0.253 e. The Morgan fingerprint density at radius 2 is 1.63 bits per heavy atom. The molecule has 1 N–H and O–H groups in total. The number of para-hydroxylation sites is 1. The third kappa shape index (κ3) is 4.38. The number of carbonyl (C=O) groups excluding carboxylic acids is 2. The van der Waals surface area contributed by atoms with E-state index in [1.54, 1.807) is 0 Å². The van der Waals surface area contributed by atoms with Gasteiger partial charge in [0.05, 0.1) is 5.92 Å². The second-order valence-corrected chi connectivity index (χ2v) is 7.72. The van der Waals surface area contributed by atoms with E-state index in [1.165, 1.54) is 0 Å². The molecular formula is C23H28N2O2. The monoisotopic (exact) mass is 364 g/mol. The molecule has 1 heterocycles. The van der Waals surface area contributed by atoms with E-state index < -0.39 is 0 Å². The highest BCUT2D eigenvalue weighted by atomic mass is 16.2. The number of benzene rings is 2. The molecule has 1 unspecified atom stereocenters. The number of nitrogens with one attached hydrogen (secondary N) is 1. The van der Waals surface area contributed by atoms with Crippen LogP contribution < -0.4 is 5.32 Å². The standard InChI is InChI=1S/C23H28N2O2/c1-15-11-16(2)13-20(12-15)23(27)25-10-6-9-19(14-25)22(26)24-21-17(3)7-5-8-18(21)4/h5,7-8,11-13,19H,6,9-10,14H2,1-4H3,(H,24,26). The Bertz CT molecular complexity index is 832. The zero-order chi connectivity index (χ0) is 19.6. The molecule has 1 fully saturated rings. The van der Waals surface area contributed by atoms with Gasteiger partial charge in [0, 0.05) is 24.3 Å². The molecule has 27 heavy (non-hydrogen) atoms. The van der Waals surface area contributed by atoms with E-state index in [9.17, 15) is 9.59 Å². The van der Waals surface area contributed by atoms with Gasteiger partial charge in [0.25, 0.3) is 5.91 Å². The summed E-state index contributed by atoms with van der Waals surface area (Å²) >= 11 is 0. The fraction of sp³-hybridized carbons (Fsp3) is 0.391. The second-order valence-electron chi connectivity index (χ2n) is 7.72. The van der Waals surface area contributed by atoms with Crippen molar-refractivity contribution in [3.8, 4) is 0 Å². The largest absolute Gasteiger partial charge is 0.338 e. The molecule has 1 aliphatic heterocycles. The van der Waals surface area contributed by atoms with E-state index in [2.05, 4.69) is 11.4 Å². The fourth-order valence-corrected chi connectivity index (χ4v) is 3.89. The molecule has 2 amide bonds. The first-order valence-electron chi connectivity index (χ1n) is 9.60. The normalized spacial score (nSPS) is 16.9. The number of amides is 2. The zero-order valence-electron chi connectivity index (χ0n) is 16.6. The van der Waals surface area contributed by atoms with Gasteiger partial charge >= 0.3 is 0 Å². The van der Waals surface area contributed by atoms with Crippen LogP contribution in [0.5, 0.6) is 0 Å². The summed E-state index contributed by atoms with van der Waals surface area (Å²) in [5, 5.41) is 3.09. The molecule has 0 radical (unpaired) electrons. The van der Waals surface area contributed by atoms with Gasteiger partial charge in [-0.05, 0) is 63.8 Å².